The Balaban J connectivity index is 1.96. The number of aliphatic carboxylic acids is 1. The summed E-state index contributed by atoms with van der Waals surface area (Å²) in [5.74, 6) is -1.29. The maximum Gasteiger partial charge on any atom is 0.410 e. The van der Waals surface area contributed by atoms with Gasteiger partial charge in [-0.2, -0.15) is 0 Å². The van der Waals surface area contributed by atoms with Crippen molar-refractivity contribution < 1.29 is 29.0 Å². The predicted molar refractivity (Wildman–Crippen MR) is 114 cm³/mol. The number of nitrogens with one attached hydrogen (secondary N) is 1. The van der Waals surface area contributed by atoms with Crippen molar-refractivity contribution in [3.05, 3.63) is 59.7 Å². The molecule has 2 amide bonds. The lowest BCUT2D eigenvalue weighted by atomic mass is 10.0. The van der Waals surface area contributed by atoms with Crippen molar-refractivity contribution in [2.45, 2.75) is 38.5 Å². The minimum atomic E-state index is -1.39. The molecule has 8 heteroatoms. The molecule has 2 aromatic carbocycles. The Kier molecular flexibility index (Phi) is 6.19. The highest BCUT2D eigenvalue weighted by Crippen LogP contribution is 2.46. The third-order valence-corrected chi connectivity index (χ3v) is 4.89. The fourth-order valence-corrected chi connectivity index (χ4v) is 3.70. The summed E-state index contributed by atoms with van der Waals surface area (Å²) in [5, 5.41) is 12.1. The highest BCUT2D eigenvalue weighted by molar-refractivity contribution is 5.83. The van der Waals surface area contributed by atoms with E-state index in [2.05, 4.69) is 5.32 Å². The summed E-state index contributed by atoms with van der Waals surface area (Å²) in [7, 11) is 1.24. The summed E-state index contributed by atoms with van der Waals surface area (Å²) in [6, 6.07) is 13.3. The van der Waals surface area contributed by atoms with Gasteiger partial charge in [-0.1, -0.05) is 48.5 Å². The number of alkyl carbamates (subject to hydrolysis) is 1. The van der Waals surface area contributed by atoms with E-state index in [9.17, 15) is 19.5 Å². The third-order valence-electron chi connectivity index (χ3n) is 4.89. The average molecular weight is 426 g/mol. The molecule has 0 saturated carbocycles. The van der Waals surface area contributed by atoms with Gasteiger partial charge in [-0.15, -0.1) is 0 Å². The van der Waals surface area contributed by atoms with Crippen LogP contribution in [0.5, 0.6) is 0 Å². The maximum absolute atomic E-state index is 12.8. The van der Waals surface area contributed by atoms with Crippen molar-refractivity contribution in [1.29, 1.82) is 0 Å². The highest BCUT2D eigenvalue weighted by Gasteiger charge is 2.38. The normalized spacial score (nSPS) is 13.5. The number of ether oxygens (including phenoxy) is 2. The molecule has 1 aliphatic rings. The van der Waals surface area contributed by atoms with Crippen LogP contribution in [-0.4, -0.2) is 53.5 Å². The number of nitrogens with zero attached hydrogens (tertiary/aromatic N) is 1. The van der Waals surface area contributed by atoms with Crippen molar-refractivity contribution in [1.82, 2.24) is 10.2 Å². The van der Waals surface area contributed by atoms with Gasteiger partial charge in [0, 0.05) is 0 Å². The zero-order valence-electron chi connectivity index (χ0n) is 17.9. The molecule has 164 valence electrons. The first-order valence-corrected chi connectivity index (χ1v) is 9.87. The van der Waals surface area contributed by atoms with Gasteiger partial charge in [-0.05, 0) is 43.0 Å². The van der Waals surface area contributed by atoms with Crippen LogP contribution in [-0.2, 0) is 14.3 Å². The van der Waals surface area contributed by atoms with Crippen molar-refractivity contribution in [2.75, 3.05) is 13.7 Å². The Morgan fingerprint density at radius 3 is 2.00 bits per heavy atom. The Hall–Kier alpha value is -3.55. The molecular formula is C23H26N2O6. The molecule has 0 aliphatic heterocycles. The molecule has 1 aliphatic carbocycles. The Bertz CT molecular complexity index is 952. The summed E-state index contributed by atoms with van der Waals surface area (Å²) in [4.78, 5) is 38.2. The number of hydrogen-bond acceptors (Lipinski definition) is 5. The Morgan fingerprint density at radius 1 is 1.03 bits per heavy atom. The second-order valence-corrected chi connectivity index (χ2v) is 8.24. The molecule has 2 N–H and O–H groups in total. The molecule has 0 spiro atoms. The van der Waals surface area contributed by atoms with E-state index in [4.69, 9.17) is 9.47 Å². The van der Waals surface area contributed by atoms with Gasteiger partial charge in [0.1, 0.15) is 11.6 Å². The van der Waals surface area contributed by atoms with Crippen LogP contribution in [0.4, 0.5) is 9.59 Å². The number of rotatable bonds is 5. The molecule has 31 heavy (non-hydrogen) atoms. The summed E-state index contributed by atoms with van der Waals surface area (Å²) >= 11 is 0. The molecule has 1 atom stereocenters. The van der Waals surface area contributed by atoms with Crippen LogP contribution in [0.25, 0.3) is 11.1 Å². The number of fused-ring (bicyclic) bond motifs is 3. The monoisotopic (exact) mass is 426 g/mol. The van der Waals surface area contributed by atoms with Gasteiger partial charge in [0.15, 0.2) is 0 Å². The molecule has 0 saturated heterocycles. The second kappa shape index (κ2) is 8.67. The van der Waals surface area contributed by atoms with Crippen molar-refractivity contribution >= 4 is 18.2 Å². The molecule has 2 aromatic rings. The Morgan fingerprint density at radius 2 is 1.55 bits per heavy atom. The van der Waals surface area contributed by atoms with E-state index in [1.165, 1.54) is 12.0 Å². The van der Waals surface area contributed by atoms with E-state index in [-0.39, 0.29) is 6.54 Å². The molecule has 8 nitrogen and oxygen atoms in total. The van der Waals surface area contributed by atoms with Crippen LogP contribution in [0, 0.1) is 0 Å². The molecule has 0 unspecified atom stereocenters. The van der Waals surface area contributed by atoms with E-state index in [0.717, 1.165) is 22.3 Å². The number of methoxy groups -OCH3 is 1. The number of benzene rings is 2. The third kappa shape index (κ3) is 4.79. The number of carbonyl (C=O) groups excluding carboxylic acids is 2. The molecule has 0 bridgehead atoms. The minimum Gasteiger partial charge on any atom is -0.480 e. The number of carbonyl (C=O) groups is 3. The first-order chi connectivity index (χ1) is 14.6. The number of carboxylic acids is 1. The standard InChI is InChI=1S/C23H26N2O6/c1-23(2,3)31-21(28)24-18(20(26)27)13-25(22(29)30-4)19-16-11-7-5-9-14(16)15-10-6-8-12-17(15)19/h5-12,18-19H,13H2,1-4H3,(H,24,28)(H,26,27)/t18-/m0/s1. The molecule has 0 heterocycles. The van der Waals surface area contributed by atoms with Crippen LogP contribution in [0.3, 0.4) is 0 Å². The molecule has 3 rings (SSSR count). The SMILES string of the molecule is COC(=O)N(C[C@H](NC(=O)OC(C)(C)C)C(=O)O)C1c2ccccc2-c2ccccc21. The van der Waals surface area contributed by atoms with Crippen LogP contribution in [0.2, 0.25) is 0 Å². The van der Waals surface area contributed by atoms with E-state index >= 15 is 0 Å². The summed E-state index contributed by atoms with van der Waals surface area (Å²) in [6.45, 7) is 4.72. The summed E-state index contributed by atoms with van der Waals surface area (Å²) < 4.78 is 10.1. The van der Waals surface area contributed by atoms with Gasteiger partial charge in [0.05, 0.1) is 19.7 Å². The number of carboxylic acid groups (broad SMARTS) is 1. The predicted octanol–water partition coefficient (Wildman–Crippen LogP) is 3.80. The fraction of sp³-hybridized carbons (Fsp3) is 0.348. The first kappa shape index (κ1) is 22.1. The smallest absolute Gasteiger partial charge is 0.410 e. The van der Waals surface area contributed by atoms with Crippen LogP contribution < -0.4 is 5.32 Å². The average Bonchev–Trinajstić information content (AvgIpc) is 3.03. The molecular weight excluding hydrogens is 400 g/mol. The topological polar surface area (TPSA) is 105 Å². The zero-order valence-corrected chi connectivity index (χ0v) is 17.9. The molecule has 0 radical (unpaired) electrons. The summed E-state index contributed by atoms with van der Waals surface area (Å²) in [5.41, 5.74) is 2.84. The van der Waals surface area contributed by atoms with Gasteiger partial charge in [-0.25, -0.2) is 14.4 Å². The van der Waals surface area contributed by atoms with Gasteiger partial charge < -0.3 is 19.9 Å². The van der Waals surface area contributed by atoms with Crippen molar-refractivity contribution in [2.24, 2.45) is 0 Å². The fourth-order valence-electron chi connectivity index (χ4n) is 3.70. The zero-order chi connectivity index (χ0) is 22.8. The maximum atomic E-state index is 12.8. The van der Waals surface area contributed by atoms with E-state index in [1.807, 2.05) is 48.5 Å². The van der Waals surface area contributed by atoms with E-state index in [1.54, 1.807) is 20.8 Å². The second-order valence-electron chi connectivity index (χ2n) is 8.24. The van der Waals surface area contributed by atoms with E-state index < -0.39 is 35.8 Å². The first-order valence-electron chi connectivity index (χ1n) is 9.87. The van der Waals surface area contributed by atoms with Crippen LogP contribution >= 0.6 is 0 Å². The lowest BCUT2D eigenvalue weighted by Gasteiger charge is -2.32. The lowest BCUT2D eigenvalue weighted by Crippen LogP contribution is -2.51. The van der Waals surface area contributed by atoms with Crippen LogP contribution in [0.15, 0.2) is 48.5 Å². The highest BCUT2D eigenvalue weighted by atomic mass is 16.6. The van der Waals surface area contributed by atoms with Crippen LogP contribution in [0.1, 0.15) is 37.9 Å². The lowest BCUT2D eigenvalue weighted by molar-refractivity contribution is -0.140. The summed E-state index contributed by atoms with van der Waals surface area (Å²) in [6.07, 6.45) is -1.58. The van der Waals surface area contributed by atoms with Gasteiger partial charge in [0.25, 0.3) is 0 Å². The number of amides is 2. The Labute approximate surface area is 180 Å². The van der Waals surface area contributed by atoms with Crippen molar-refractivity contribution in [3.8, 4) is 11.1 Å². The van der Waals surface area contributed by atoms with Gasteiger partial charge in [0.2, 0.25) is 0 Å². The number of hydrogen-bond donors (Lipinski definition) is 2. The van der Waals surface area contributed by atoms with E-state index in [0.29, 0.717) is 0 Å². The minimum absolute atomic E-state index is 0.311. The molecule has 0 aromatic heterocycles. The van der Waals surface area contributed by atoms with Gasteiger partial charge in [-0.3, -0.25) is 4.90 Å². The molecule has 0 fully saturated rings. The quantitative estimate of drug-likeness (QED) is 0.753. The van der Waals surface area contributed by atoms with Gasteiger partial charge >= 0.3 is 18.2 Å². The largest absolute Gasteiger partial charge is 0.480 e. The van der Waals surface area contributed by atoms with Crippen molar-refractivity contribution in [3.63, 3.8) is 0 Å².